The summed E-state index contributed by atoms with van der Waals surface area (Å²) in [5.74, 6) is -0.311. The maximum atomic E-state index is 13.3. The van der Waals surface area contributed by atoms with Gasteiger partial charge >= 0.3 is 6.36 Å². The summed E-state index contributed by atoms with van der Waals surface area (Å²) in [6.45, 7) is 4.54. The van der Waals surface area contributed by atoms with Crippen molar-refractivity contribution in [2.45, 2.75) is 70.7 Å². The van der Waals surface area contributed by atoms with Crippen molar-refractivity contribution in [1.82, 2.24) is 10.2 Å². The van der Waals surface area contributed by atoms with Gasteiger partial charge in [-0.3, -0.25) is 9.59 Å². The van der Waals surface area contributed by atoms with E-state index in [4.69, 9.17) is 4.74 Å². The molecule has 36 heavy (non-hydrogen) atoms. The van der Waals surface area contributed by atoms with Crippen LogP contribution in [-0.4, -0.2) is 62.0 Å². The summed E-state index contributed by atoms with van der Waals surface area (Å²) in [6, 6.07) is 5.31. The first-order valence-electron chi connectivity index (χ1n) is 13.0. The molecule has 1 aliphatic heterocycles. The van der Waals surface area contributed by atoms with Crippen LogP contribution in [0.5, 0.6) is 5.75 Å². The molecule has 2 atom stereocenters. The fourth-order valence-electron chi connectivity index (χ4n) is 4.89. The Kier molecular flexibility index (Phi) is 10.7. The molecule has 10 heteroatoms. The third-order valence-corrected chi connectivity index (χ3v) is 6.98. The fourth-order valence-corrected chi connectivity index (χ4v) is 4.89. The number of rotatable bonds is 11. The molecule has 0 spiro atoms. The highest BCUT2D eigenvalue weighted by atomic mass is 19.4. The summed E-state index contributed by atoms with van der Waals surface area (Å²) in [7, 11) is 0. The van der Waals surface area contributed by atoms with Gasteiger partial charge in [0.1, 0.15) is 5.75 Å². The monoisotopic (exact) mass is 513 g/mol. The Morgan fingerprint density at radius 2 is 1.78 bits per heavy atom. The lowest BCUT2D eigenvalue weighted by atomic mass is 9.81. The fraction of sp³-hybridized carbons (Fsp3) is 0.692. The van der Waals surface area contributed by atoms with Gasteiger partial charge in [0.15, 0.2) is 0 Å². The number of nitrogens with one attached hydrogen (secondary N) is 2. The van der Waals surface area contributed by atoms with Gasteiger partial charge < -0.3 is 25.0 Å². The number of carbonyl (C=O) groups excluding carboxylic acids is 2. The Balaban J connectivity index is 1.56. The van der Waals surface area contributed by atoms with Gasteiger partial charge in [-0.15, -0.1) is 13.2 Å². The SMILES string of the molecule is CC[C@@H](CNc1ccc(OC(F)(F)F)cc1)NC(=O)[C@@H](CC(=O)N1CCOCC1)CC1CCCCC1. The molecule has 202 valence electrons. The third kappa shape index (κ3) is 9.52. The smallest absolute Gasteiger partial charge is 0.406 e. The first-order chi connectivity index (χ1) is 17.2. The molecule has 0 bridgehead atoms. The van der Waals surface area contributed by atoms with Crippen LogP contribution in [0.4, 0.5) is 18.9 Å². The largest absolute Gasteiger partial charge is 0.573 e. The summed E-state index contributed by atoms with van der Waals surface area (Å²) in [6.07, 6.45) is 2.62. The number of morpholine rings is 1. The van der Waals surface area contributed by atoms with E-state index in [1.54, 1.807) is 4.90 Å². The summed E-state index contributed by atoms with van der Waals surface area (Å²) in [4.78, 5) is 28.1. The van der Waals surface area contributed by atoms with Gasteiger partial charge in [-0.25, -0.2) is 0 Å². The molecule has 1 aromatic rings. The average Bonchev–Trinajstić information content (AvgIpc) is 2.87. The van der Waals surface area contributed by atoms with Crippen molar-refractivity contribution in [3.05, 3.63) is 24.3 Å². The zero-order chi connectivity index (χ0) is 26.0. The van der Waals surface area contributed by atoms with Gasteiger partial charge in [-0.2, -0.15) is 0 Å². The molecule has 0 aromatic heterocycles. The highest BCUT2D eigenvalue weighted by Gasteiger charge is 2.31. The number of alkyl halides is 3. The summed E-state index contributed by atoms with van der Waals surface area (Å²) in [5.41, 5.74) is 0.624. The molecule has 0 unspecified atom stereocenters. The minimum absolute atomic E-state index is 0.00148. The summed E-state index contributed by atoms with van der Waals surface area (Å²) in [5, 5.41) is 6.27. The first kappa shape index (κ1) is 28.1. The van der Waals surface area contributed by atoms with Gasteiger partial charge in [0.2, 0.25) is 11.8 Å². The second-order valence-electron chi connectivity index (χ2n) is 9.70. The molecule has 1 saturated heterocycles. The number of halogens is 3. The van der Waals surface area contributed by atoms with Crippen molar-refractivity contribution >= 4 is 17.5 Å². The average molecular weight is 514 g/mol. The number of benzene rings is 1. The second-order valence-corrected chi connectivity index (χ2v) is 9.70. The van der Waals surface area contributed by atoms with Crippen molar-refractivity contribution in [1.29, 1.82) is 0 Å². The van der Waals surface area contributed by atoms with Crippen LogP contribution in [0, 0.1) is 11.8 Å². The molecule has 1 heterocycles. The minimum atomic E-state index is -4.73. The Morgan fingerprint density at radius 3 is 2.39 bits per heavy atom. The minimum Gasteiger partial charge on any atom is -0.406 e. The van der Waals surface area contributed by atoms with Gasteiger partial charge in [-0.1, -0.05) is 39.0 Å². The van der Waals surface area contributed by atoms with Crippen molar-refractivity contribution in [3.63, 3.8) is 0 Å². The van der Waals surface area contributed by atoms with E-state index in [0.717, 1.165) is 12.8 Å². The van der Waals surface area contributed by atoms with E-state index in [1.807, 2.05) is 6.92 Å². The van der Waals surface area contributed by atoms with Crippen LogP contribution in [0.15, 0.2) is 24.3 Å². The number of carbonyl (C=O) groups is 2. The summed E-state index contributed by atoms with van der Waals surface area (Å²) < 4.78 is 46.3. The van der Waals surface area contributed by atoms with E-state index in [1.165, 1.54) is 43.5 Å². The molecule has 3 rings (SSSR count). The van der Waals surface area contributed by atoms with Crippen LogP contribution in [0.3, 0.4) is 0 Å². The summed E-state index contributed by atoms with van der Waals surface area (Å²) >= 11 is 0. The number of nitrogens with zero attached hydrogens (tertiary/aromatic N) is 1. The molecule has 2 aliphatic rings. The molecular weight excluding hydrogens is 475 g/mol. The van der Waals surface area contributed by atoms with Crippen LogP contribution in [-0.2, 0) is 14.3 Å². The molecule has 0 radical (unpaired) electrons. The maximum Gasteiger partial charge on any atom is 0.573 e. The van der Waals surface area contributed by atoms with E-state index >= 15 is 0 Å². The van der Waals surface area contributed by atoms with Crippen LogP contribution >= 0.6 is 0 Å². The quantitative estimate of drug-likeness (QED) is 0.447. The van der Waals surface area contributed by atoms with Crippen LogP contribution in [0.25, 0.3) is 0 Å². The van der Waals surface area contributed by atoms with Gasteiger partial charge in [0.25, 0.3) is 0 Å². The third-order valence-electron chi connectivity index (χ3n) is 6.98. The Hall–Kier alpha value is -2.49. The lowest BCUT2D eigenvalue weighted by Crippen LogP contribution is -2.46. The van der Waals surface area contributed by atoms with E-state index in [9.17, 15) is 22.8 Å². The number of amides is 2. The van der Waals surface area contributed by atoms with Crippen molar-refractivity contribution in [3.8, 4) is 5.75 Å². The van der Waals surface area contributed by atoms with Crippen molar-refractivity contribution in [2.24, 2.45) is 11.8 Å². The number of ether oxygens (including phenoxy) is 2. The first-order valence-corrected chi connectivity index (χ1v) is 13.0. The number of hydrogen-bond donors (Lipinski definition) is 2. The lowest BCUT2D eigenvalue weighted by Gasteiger charge is -2.31. The van der Waals surface area contributed by atoms with Gasteiger partial charge in [0, 0.05) is 43.7 Å². The van der Waals surface area contributed by atoms with Crippen LogP contribution in [0.2, 0.25) is 0 Å². The van der Waals surface area contributed by atoms with Crippen molar-refractivity contribution in [2.75, 3.05) is 38.2 Å². The molecule has 1 saturated carbocycles. The predicted octanol–water partition coefficient (Wildman–Crippen LogP) is 4.73. The standard InChI is InChI=1S/C26H38F3N3O4/c1-2-21(18-30-22-8-10-23(11-9-22)36-26(27,28)29)31-25(34)20(16-19-6-4-3-5-7-19)17-24(33)32-12-14-35-15-13-32/h8-11,19-21,30H,2-7,12-18H2,1H3,(H,31,34)/t20-,21+/m1/s1. The Bertz CT molecular complexity index is 823. The maximum absolute atomic E-state index is 13.3. The van der Waals surface area contributed by atoms with Crippen LogP contribution in [0.1, 0.15) is 58.3 Å². The molecule has 1 aromatic carbocycles. The van der Waals surface area contributed by atoms with Crippen LogP contribution < -0.4 is 15.4 Å². The second kappa shape index (κ2) is 13.7. The van der Waals surface area contributed by atoms with Gasteiger partial charge in [0.05, 0.1) is 13.2 Å². The highest BCUT2D eigenvalue weighted by Crippen LogP contribution is 2.31. The highest BCUT2D eigenvalue weighted by molar-refractivity contribution is 5.86. The van der Waals surface area contributed by atoms with Crippen molar-refractivity contribution < 1.29 is 32.2 Å². The lowest BCUT2D eigenvalue weighted by molar-refractivity contribution is -0.274. The topological polar surface area (TPSA) is 79.9 Å². The van der Waals surface area contributed by atoms with E-state index in [0.29, 0.717) is 57.3 Å². The van der Waals surface area contributed by atoms with E-state index in [-0.39, 0.29) is 35.9 Å². The molecule has 2 amide bonds. The van der Waals surface area contributed by atoms with E-state index in [2.05, 4.69) is 15.4 Å². The Labute approximate surface area is 211 Å². The normalized spacial score (nSPS) is 18.8. The molecule has 2 N–H and O–H groups in total. The number of anilines is 1. The zero-order valence-electron chi connectivity index (χ0n) is 20.9. The number of hydrogen-bond acceptors (Lipinski definition) is 5. The van der Waals surface area contributed by atoms with Gasteiger partial charge in [-0.05, 0) is 43.0 Å². The Morgan fingerprint density at radius 1 is 1.11 bits per heavy atom. The molecule has 7 nitrogen and oxygen atoms in total. The zero-order valence-corrected chi connectivity index (χ0v) is 20.9. The predicted molar refractivity (Wildman–Crippen MR) is 131 cm³/mol. The molecule has 2 fully saturated rings. The molecular formula is C26H38F3N3O4. The molecule has 1 aliphatic carbocycles. The van der Waals surface area contributed by atoms with E-state index < -0.39 is 6.36 Å².